The summed E-state index contributed by atoms with van der Waals surface area (Å²) in [7, 11) is 0. The number of hydrogen-bond donors (Lipinski definition) is 0. The average Bonchev–Trinajstić information content (AvgIpc) is 3.36. The van der Waals surface area contributed by atoms with Crippen molar-refractivity contribution in [3.05, 3.63) is 167 Å². The standard InChI is InChI=1S/C37H31BrN2O/c1-27(2)41-33-25-15-18-29(26-33)35-34(38)36(28-16-7-3-8-17-28)40(39-35)37(30-19-9-4-10-20-30,31-21-11-5-12-22-31)32-23-13-6-14-24-32/h3-27H,1-2H3. The number of benzene rings is 5. The molecule has 6 aromatic rings. The maximum atomic E-state index is 6.06. The molecule has 1 aromatic heterocycles. The van der Waals surface area contributed by atoms with Crippen LogP contribution in [0.2, 0.25) is 0 Å². The molecule has 4 heteroatoms. The third kappa shape index (κ3) is 5.00. The molecule has 1 heterocycles. The van der Waals surface area contributed by atoms with Crippen molar-refractivity contribution in [2.75, 3.05) is 0 Å². The van der Waals surface area contributed by atoms with Crippen LogP contribution in [0.5, 0.6) is 5.75 Å². The van der Waals surface area contributed by atoms with Gasteiger partial charge in [0.2, 0.25) is 0 Å². The molecule has 0 N–H and O–H groups in total. The fourth-order valence-corrected chi connectivity index (χ4v) is 6.27. The van der Waals surface area contributed by atoms with Gasteiger partial charge in [0.25, 0.3) is 0 Å². The molecule has 0 saturated carbocycles. The maximum Gasteiger partial charge on any atom is 0.138 e. The summed E-state index contributed by atoms with van der Waals surface area (Å²) < 4.78 is 9.20. The summed E-state index contributed by atoms with van der Waals surface area (Å²) in [6.45, 7) is 4.08. The fourth-order valence-electron chi connectivity index (χ4n) is 5.57. The zero-order chi connectivity index (χ0) is 28.2. The van der Waals surface area contributed by atoms with Crippen LogP contribution in [-0.2, 0) is 5.54 Å². The number of nitrogens with zero attached hydrogens (tertiary/aromatic N) is 2. The number of ether oxygens (including phenoxy) is 1. The van der Waals surface area contributed by atoms with Crippen LogP contribution in [0.25, 0.3) is 22.5 Å². The van der Waals surface area contributed by atoms with E-state index >= 15 is 0 Å². The normalized spacial score (nSPS) is 11.5. The van der Waals surface area contributed by atoms with Crippen molar-refractivity contribution < 1.29 is 4.74 Å². The van der Waals surface area contributed by atoms with Gasteiger partial charge in [0, 0.05) is 11.1 Å². The molecule has 0 fully saturated rings. The highest BCUT2D eigenvalue weighted by Gasteiger charge is 2.42. The lowest BCUT2D eigenvalue weighted by Gasteiger charge is -2.37. The van der Waals surface area contributed by atoms with Gasteiger partial charge >= 0.3 is 0 Å². The molecule has 0 aliphatic carbocycles. The lowest BCUT2D eigenvalue weighted by atomic mass is 9.76. The molecule has 41 heavy (non-hydrogen) atoms. The highest BCUT2D eigenvalue weighted by molar-refractivity contribution is 9.10. The third-order valence-corrected chi connectivity index (χ3v) is 8.00. The lowest BCUT2D eigenvalue weighted by molar-refractivity contribution is 0.242. The molecule has 0 amide bonds. The molecule has 0 aliphatic heterocycles. The molecule has 0 radical (unpaired) electrons. The molecule has 5 aromatic carbocycles. The Labute approximate surface area is 250 Å². The van der Waals surface area contributed by atoms with E-state index in [2.05, 4.69) is 148 Å². The molecule has 202 valence electrons. The van der Waals surface area contributed by atoms with Crippen LogP contribution in [0, 0.1) is 0 Å². The zero-order valence-corrected chi connectivity index (χ0v) is 24.7. The van der Waals surface area contributed by atoms with E-state index in [4.69, 9.17) is 9.84 Å². The molecule has 0 unspecified atom stereocenters. The van der Waals surface area contributed by atoms with Crippen LogP contribution in [0.4, 0.5) is 0 Å². The van der Waals surface area contributed by atoms with E-state index in [9.17, 15) is 0 Å². The van der Waals surface area contributed by atoms with E-state index in [-0.39, 0.29) is 6.10 Å². The molecule has 0 bridgehead atoms. The van der Waals surface area contributed by atoms with E-state index in [1.807, 2.05) is 32.0 Å². The monoisotopic (exact) mass is 598 g/mol. The second-order valence-corrected chi connectivity index (χ2v) is 11.1. The lowest BCUT2D eigenvalue weighted by Crippen LogP contribution is -2.39. The minimum Gasteiger partial charge on any atom is -0.491 e. The second kappa shape index (κ2) is 11.6. The van der Waals surface area contributed by atoms with Gasteiger partial charge in [-0.15, -0.1) is 0 Å². The first kappa shape index (κ1) is 26.8. The largest absolute Gasteiger partial charge is 0.491 e. The van der Waals surface area contributed by atoms with Gasteiger partial charge < -0.3 is 4.74 Å². The summed E-state index contributed by atoms with van der Waals surface area (Å²) in [5.74, 6) is 0.820. The minimum atomic E-state index is -0.762. The maximum absolute atomic E-state index is 6.06. The Balaban J connectivity index is 1.74. The number of halogens is 1. The molecule has 0 aliphatic rings. The van der Waals surface area contributed by atoms with Crippen LogP contribution in [0.15, 0.2) is 150 Å². The first-order valence-electron chi connectivity index (χ1n) is 13.9. The molecular weight excluding hydrogens is 568 g/mol. The summed E-state index contributed by atoms with van der Waals surface area (Å²) in [6, 6.07) is 50.6. The van der Waals surface area contributed by atoms with E-state index in [1.54, 1.807) is 0 Å². The third-order valence-electron chi connectivity index (χ3n) is 7.25. The molecule has 6 rings (SSSR count). The van der Waals surface area contributed by atoms with E-state index in [0.29, 0.717) is 0 Å². The topological polar surface area (TPSA) is 27.1 Å². The minimum absolute atomic E-state index is 0.0769. The van der Waals surface area contributed by atoms with E-state index < -0.39 is 5.54 Å². The Morgan fingerprint density at radius 2 is 1.07 bits per heavy atom. The highest BCUT2D eigenvalue weighted by Crippen LogP contribution is 2.47. The van der Waals surface area contributed by atoms with Crippen molar-refractivity contribution in [1.82, 2.24) is 9.78 Å². The Morgan fingerprint density at radius 3 is 1.56 bits per heavy atom. The SMILES string of the molecule is CC(C)Oc1cccc(-c2nn(C(c3ccccc3)(c3ccccc3)c3ccccc3)c(-c3ccccc3)c2Br)c1. The van der Waals surface area contributed by atoms with Gasteiger partial charge in [0.15, 0.2) is 0 Å². The van der Waals surface area contributed by atoms with Gasteiger partial charge in [-0.2, -0.15) is 5.10 Å². The average molecular weight is 600 g/mol. The van der Waals surface area contributed by atoms with Crippen LogP contribution in [-0.4, -0.2) is 15.9 Å². The smallest absolute Gasteiger partial charge is 0.138 e. The molecular formula is C37H31BrN2O. The highest BCUT2D eigenvalue weighted by atomic mass is 79.9. The fraction of sp³-hybridized carbons (Fsp3) is 0.108. The number of rotatable bonds is 8. The van der Waals surface area contributed by atoms with Crippen LogP contribution in [0.3, 0.4) is 0 Å². The summed E-state index contributed by atoms with van der Waals surface area (Å²) in [6.07, 6.45) is 0.0769. The molecule has 0 spiro atoms. The van der Waals surface area contributed by atoms with Gasteiger partial charge in [0.1, 0.15) is 17.0 Å². The van der Waals surface area contributed by atoms with E-state index in [0.717, 1.165) is 49.4 Å². The first-order valence-corrected chi connectivity index (χ1v) is 14.7. The molecule has 0 atom stereocenters. The first-order chi connectivity index (χ1) is 20.1. The van der Waals surface area contributed by atoms with E-state index in [1.165, 1.54) is 0 Å². The number of aromatic nitrogens is 2. The van der Waals surface area contributed by atoms with Crippen molar-refractivity contribution in [2.45, 2.75) is 25.5 Å². The zero-order valence-electron chi connectivity index (χ0n) is 23.1. The Bertz CT molecular complexity index is 1630. The van der Waals surface area contributed by atoms with Gasteiger partial charge in [-0.25, -0.2) is 4.68 Å². The van der Waals surface area contributed by atoms with Crippen LogP contribution >= 0.6 is 15.9 Å². The predicted molar refractivity (Wildman–Crippen MR) is 171 cm³/mol. The van der Waals surface area contributed by atoms with Gasteiger partial charge in [-0.05, 0) is 58.6 Å². The van der Waals surface area contributed by atoms with Crippen molar-refractivity contribution in [3.63, 3.8) is 0 Å². The predicted octanol–water partition coefficient (Wildman–Crippen LogP) is 9.61. The Morgan fingerprint density at radius 1 is 0.610 bits per heavy atom. The van der Waals surface area contributed by atoms with Crippen molar-refractivity contribution in [1.29, 1.82) is 0 Å². The second-order valence-electron chi connectivity index (χ2n) is 10.3. The van der Waals surface area contributed by atoms with Crippen LogP contribution < -0.4 is 4.74 Å². The molecule has 0 saturated heterocycles. The Kier molecular flexibility index (Phi) is 7.58. The Hall–Kier alpha value is -4.41. The van der Waals surface area contributed by atoms with Crippen molar-refractivity contribution >= 4 is 15.9 Å². The summed E-state index contributed by atoms with van der Waals surface area (Å²) in [4.78, 5) is 0. The van der Waals surface area contributed by atoms with Gasteiger partial charge in [-0.3, -0.25) is 0 Å². The summed E-state index contributed by atoms with van der Waals surface area (Å²) >= 11 is 4.04. The van der Waals surface area contributed by atoms with Gasteiger partial charge in [-0.1, -0.05) is 133 Å². The van der Waals surface area contributed by atoms with Crippen molar-refractivity contribution in [2.24, 2.45) is 0 Å². The summed E-state index contributed by atoms with van der Waals surface area (Å²) in [5, 5.41) is 5.49. The molecule has 3 nitrogen and oxygen atoms in total. The van der Waals surface area contributed by atoms with Gasteiger partial charge in [0.05, 0.1) is 16.3 Å². The summed E-state index contributed by atoms with van der Waals surface area (Å²) in [5.41, 5.74) is 6.49. The number of hydrogen-bond acceptors (Lipinski definition) is 2. The quantitative estimate of drug-likeness (QED) is 0.163. The van der Waals surface area contributed by atoms with Crippen molar-refractivity contribution in [3.8, 4) is 28.3 Å². The van der Waals surface area contributed by atoms with Crippen LogP contribution in [0.1, 0.15) is 30.5 Å².